The molecular formula is C36H27BN2. The summed E-state index contributed by atoms with van der Waals surface area (Å²) < 4.78 is 2.52. The number of benzene rings is 5. The maximum atomic E-state index is 3.94. The van der Waals surface area contributed by atoms with E-state index in [2.05, 4.69) is 127 Å². The van der Waals surface area contributed by atoms with Gasteiger partial charge in [0.15, 0.2) is 7.28 Å². The van der Waals surface area contributed by atoms with Gasteiger partial charge in [0.2, 0.25) is 0 Å². The van der Waals surface area contributed by atoms with Crippen molar-refractivity contribution in [3.63, 3.8) is 0 Å². The molecule has 2 aromatic heterocycles. The summed E-state index contributed by atoms with van der Waals surface area (Å²) in [5.74, 6) is 0. The first-order chi connectivity index (χ1) is 19.0. The second kappa shape index (κ2) is 7.12. The van der Waals surface area contributed by atoms with E-state index in [1.54, 1.807) is 0 Å². The second-order valence-electron chi connectivity index (χ2n) is 11.9. The molecule has 0 radical (unpaired) electrons. The van der Waals surface area contributed by atoms with Crippen LogP contribution in [-0.2, 0) is 5.41 Å². The summed E-state index contributed by atoms with van der Waals surface area (Å²) in [5, 5.41) is 4.01. The van der Waals surface area contributed by atoms with Crippen LogP contribution in [-0.4, -0.2) is 16.8 Å². The van der Waals surface area contributed by atoms with Gasteiger partial charge in [0.1, 0.15) is 0 Å². The van der Waals surface area contributed by atoms with Gasteiger partial charge in [0.05, 0.1) is 16.7 Å². The van der Waals surface area contributed by atoms with Crippen molar-refractivity contribution >= 4 is 50.9 Å². The summed E-state index contributed by atoms with van der Waals surface area (Å²) in [4.78, 5) is 3.94. The fraction of sp³-hybridized carbons (Fsp3) is 0.111. The highest BCUT2D eigenvalue weighted by atomic mass is 15.0. The van der Waals surface area contributed by atoms with Gasteiger partial charge in [-0.2, -0.15) is 0 Å². The Hall–Kier alpha value is -4.50. The van der Waals surface area contributed by atoms with Gasteiger partial charge in [-0.05, 0) is 46.8 Å². The Kier molecular flexibility index (Phi) is 3.91. The predicted molar refractivity (Wildman–Crippen MR) is 167 cm³/mol. The Balaban J connectivity index is 1.37. The van der Waals surface area contributed by atoms with Crippen LogP contribution in [0.15, 0.2) is 97.1 Å². The number of hydrogen-bond acceptors (Lipinski definition) is 0. The molecule has 3 heteroatoms. The lowest BCUT2D eigenvalue weighted by molar-refractivity contribution is 0.666. The van der Waals surface area contributed by atoms with E-state index in [9.17, 15) is 0 Å². The van der Waals surface area contributed by atoms with Crippen LogP contribution in [0.5, 0.6) is 0 Å². The molecule has 1 N–H and O–H groups in total. The topological polar surface area (TPSA) is 20.7 Å². The molecule has 0 amide bonds. The molecule has 9 rings (SSSR count). The van der Waals surface area contributed by atoms with Gasteiger partial charge in [0.25, 0.3) is 0 Å². The number of nitrogens with one attached hydrogen (secondary N) is 1. The third-order valence-electron chi connectivity index (χ3n) is 9.38. The molecule has 39 heavy (non-hydrogen) atoms. The largest absolute Gasteiger partial charge is 0.354 e. The molecule has 0 bridgehead atoms. The molecule has 2 nitrogen and oxygen atoms in total. The first kappa shape index (κ1) is 21.4. The van der Waals surface area contributed by atoms with Crippen molar-refractivity contribution in [2.75, 3.05) is 0 Å². The molecule has 5 aromatic carbocycles. The number of rotatable bonds is 1. The molecule has 0 saturated carbocycles. The lowest BCUT2D eigenvalue weighted by Crippen LogP contribution is -2.37. The Morgan fingerprint density at radius 1 is 0.718 bits per heavy atom. The van der Waals surface area contributed by atoms with Gasteiger partial charge in [0, 0.05) is 43.9 Å². The van der Waals surface area contributed by atoms with Crippen LogP contribution < -0.4 is 10.9 Å². The van der Waals surface area contributed by atoms with E-state index >= 15 is 0 Å². The average molecular weight is 498 g/mol. The van der Waals surface area contributed by atoms with Crippen LogP contribution in [0, 0.1) is 6.92 Å². The third-order valence-corrected chi connectivity index (χ3v) is 9.38. The van der Waals surface area contributed by atoms with E-state index in [4.69, 9.17) is 0 Å². The molecule has 0 saturated heterocycles. The highest BCUT2D eigenvalue weighted by Crippen LogP contribution is 2.52. The van der Waals surface area contributed by atoms with Gasteiger partial charge >= 0.3 is 0 Å². The summed E-state index contributed by atoms with van der Waals surface area (Å²) in [6.45, 7) is 6.97. The highest BCUT2D eigenvalue weighted by molar-refractivity contribution is 6.73. The minimum absolute atomic E-state index is 0.0383. The van der Waals surface area contributed by atoms with Crippen molar-refractivity contribution < 1.29 is 0 Å². The van der Waals surface area contributed by atoms with Gasteiger partial charge in [-0.25, -0.2) is 0 Å². The fourth-order valence-electron chi connectivity index (χ4n) is 7.77. The van der Waals surface area contributed by atoms with Crippen molar-refractivity contribution in [1.82, 2.24) is 9.55 Å². The standard InChI is InChI=1S/C36H27BN2/c1-20-18-26(22-12-8-14-25-31-34(38-33(22)25)24-11-4-6-15-27(24)36(31,2)3)32-30(19-20)39-29-17-7-5-10-21(29)23-13-9-16-28(37-32)35(23)39/h4-19,37-38H,1-3H3. The Bertz CT molecular complexity index is 2190. The fourth-order valence-corrected chi connectivity index (χ4v) is 7.77. The Labute approximate surface area is 228 Å². The maximum absolute atomic E-state index is 3.94. The average Bonchev–Trinajstić information content (AvgIpc) is 3.58. The van der Waals surface area contributed by atoms with Crippen LogP contribution in [0.4, 0.5) is 0 Å². The number of fused-ring (bicyclic) bond motifs is 10. The molecule has 1 aliphatic carbocycles. The quantitative estimate of drug-likeness (QED) is 0.230. The molecule has 0 fully saturated rings. The molecule has 1 aliphatic heterocycles. The molecule has 2 aliphatic rings. The van der Waals surface area contributed by atoms with E-state index in [-0.39, 0.29) is 5.41 Å². The maximum Gasteiger partial charge on any atom is 0.198 e. The molecule has 184 valence electrons. The number of aryl methyl sites for hydroxylation is 1. The SMILES string of the molecule is Cc1cc(-c2cccc3c4c([nH]c23)-c2ccccc2C4(C)C)c2c(c1)-n1c3ccccc3c3cccc(c31)B2. The summed E-state index contributed by atoms with van der Waals surface area (Å²) in [6.07, 6.45) is 0. The van der Waals surface area contributed by atoms with Crippen LogP contribution in [0.25, 0.3) is 60.8 Å². The van der Waals surface area contributed by atoms with Crippen molar-refractivity contribution in [2.24, 2.45) is 0 Å². The van der Waals surface area contributed by atoms with Crippen molar-refractivity contribution in [3.05, 3.63) is 114 Å². The second-order valence-corrected chi connectivity index (χ2v) is 11.9. The molecule has 3 heterocycles. The predicted octanol–water partition coefficient (Wildman–Crippen LogP) is 7.25. The zero-order valence-electron chi connectivity index (χ0n) is 22.4. The molecular weight excluding hydrogens is 471 g/mol. The van der Waals surface area contributed by atoms with Gasteiger partial charge in [-0.15, -0.1) is 0 Å². The summed E-state index contributed by atoms with van der Waals surface area (Å²) in [6, 6.07) is 36.2. The molecule has 0 unspecified atom stereocenters. The zero-order valence-corrected chi connectivity index (χ0v) is 22.4. The van der Waals surface area contributed by atoms with Gasteiger partial charge in [-0.1, -0.05) is 104 Å². The highest BCUT2D eigenvalue weighted by Gasteiger charge is 2.38. The van der Waals surface area contributed by atoms with Crippen molar-refractivity contribution in [3.8, 4) is 28.1 Å². The van der Waals surface area contributed by atoms with Crippen LogP contribution >= 0.6 is 0 Å². The third kappa shape index (κ3) is 2.58. The number of para-hydroxylation sites is 3. The smallest absolute Gasteiger partial charge is 0.198 e. The van der Waals surface area contributed by atoms with Crippen LogP contribution in [0.1, 0.15) is 30.5 Å². The number of hydrogen-bond donors (Lipinski definition) is 1. The lowest BCUT2D eigenvalue weighted by atomic mass is 9.59. The van der Waals surface area contributed by atoms with Crippen LogP contribution in [0.3, 0.4) is 0 Å². The molecule has 0 atom stereocenters. The van der Waals surface area contributed by atoms with E-state index in [0.717, 1.165) is 7.28 Å². The number of aromatic nitrogens is 2. The van der Waals surface area contributed by atoms with Gasteiger partial charge < -0.3 is 9.55 Å². The Morgan fingerprint density at radius 2 is 1.46 bits per heavy atom. The van der Waals surface area contributed by atoms with Crippen molar-refractivity contribution in [1.29, 1.82) is 0 Å². The van der Waals surface area contributed by atoms with E-state index in [1.165, 1.54) is 88.4 Å². The minimum Gasteiger partial charge on any atom is -0.354 e. The van der Waals surface area contributed by atoms with E-state index in [0.29, 0.717) is 0 Å². The summed E-state index contributed by atoms with van der Waals surface area (Å²) in [7, 11) is 0.934. The molecule has 7 aromatic rings. The number of H-pyrrole nitrogens is 1. The zero-order chi connectivity index (χ0) is 26.0. The monoisotopic (exact) mass is 498 g/mol. The minimum atomic E-state index is -0.0383. The Morgan fingerprint density at radius 3 is 2.38 bits per heavy atom. The van der Waals surface area contributed by atoms with E-state index < -0.39 is 0 Å². The normalized spacial score (nSPS) is 14.4. The summed E-state index contributed by atoms with van der Waals surface area (Å²) in [5.41, 5.74) is 17.3. The summed E-state index contributed by atoms with van der Waals surface area (Å²) >= 11 is 0. The number of aromatic amines is 1. The van der Waals surface area contributed by atoms with Gasteiger partial charge in [-0.3, -0.25) is 0 Å². The first-order valence-electron chi connectivity index (χ1n) is 13.9. The number of nitrogens with zero attached hydrogens (tertiary/aromatic N) is 1. The van der Waals surface area contributed by atoms with E-state index in [1.807, 2.05) is 0 Å². The molecule has 0 spiro atoms. The van der Waals surface area contributed by atoms with Crippen LogP contribution in [0.2, 0.25) is 0 Å². The van der Waals surface area contributed by atoms with Crippen molar-refractivity contribution in [2.45, 2.75) is 26.2 Å². The lowest BCUT2D eigenvalue weighted by Gasteiger charge is -2.24. The first-order valence-corrected chi connectivity index (χ1v) is 13.9.